The Morgan fingerprint density at radius 1 is 1.07 bits per heavy atom. The monoisotopic (exact) mass is 601 g/mol. The second-order valence-corrected chi connectivity index (χ2v) is 8.85. The summed E-state index contributed by atoms with van der Waals surface area (Å²) in [5.74, 6) is 4.42. The van der Waals surface area contributed by atoms with Gasteiger partial charge in [-0.3, -0.25) is 9.69 Å². The van der Waals surface area contributed by atoms with Crippen molar-refractivity contribution in [3.63, 3.8) is 0 Å². The van der Waals surface area contributed by atoms with Gasteiger partial charge in [-0.2, -0.15) is 10.9 Å². The van der Waals surface area contributed by atoms with Gasteiger partial charge in [0, 0.05) is 45.3 Å². The van der Waals surface area contributed by atoms with Crippen LogP contribution in [-0.4, -0.2) is 81.3 Å². The summed E-state index contributed by atoms with van der Waals surface area (Å²) in [6.07, 6.45) is 2.88. The van der Waals surface area contributed by atoms with Crippen LogP contribution >= 0.6 is 11.6 Å². The number of anilines is 3. The molecule has 42 heavy (non-hydrogen) atoms. The average molecular weight is 602 g/mol. The molecule has 0 spiro atoms. The number of aldehydes is 1. The number of benzene rings is 2. The van der Waals surface area contributed by atoms with Gasteiger partial charge in [0.05, 0.1) is 26.8 Å². The van der Waals surface area contributed by atoms with Crippen LogP contribution in [0, 0.1) is 0 Å². The Morgan fingerprint density at radius 2 is 1.71 bits per heavy atom. The largest absolute Gasteiger partial charge is 0.495 e. The highest BCUT2D eigenvalue weighted by Gasteiger charge is 2.13. The lowest BCUT2D eigenvalue weighted by Gasteiger charge is -2.32. The quantitative estimate of drug-likeness (QED) is 0.170. The first-order valence-electron chi connectivity index (χ1n) is 14.0. The maximum Gasteiger partial charge on any atom is 0.229 e. The summed E-state index contributed by atoms with van der Waals surface area (Å²) in [5.41, 5.74) is 3.79. The number of carbonyl (C=O) groups excluding carboxylic acids is 1. The summed E-state index contributed by atoms with van der Waals surface area (Å²) in [5, 5.41) is 6.31. The van der Waals surface area contributed by atoms with Gasteiger partial charge in [-0.05, 0) is 30.8 Å². The summed E-state index contributed by atoms with van der Waals surface area (Å²) in [4.78, 5) is 23.9. The zero-order valence-corrected chi connectivity index (χ0v) is 26.7. The summed E-state index contributed by atoms with van der Waals surface area (Å²) < 4.78 is 14.2. The molecule has 3 aromatic rings. The van der Waals surface area contributed by atoms with Gasteiger partial charge in [-0.15, -0.1) is 4.48 Å². The minimum atomic E-state index is 0.371. The number of ether oxygens (including phenoxy) is 1. The molecule has 1 fully saturated rings. The molecule has 0 bridgehead atoms. The van der Waals surface area contributed by atoms with E-state index >= 15 is 0 Å². The predicted octanol–water partition coefficient (Wildman–Crippen LogP) is 5.72. The van der Waals surface area contributed by atoms with Crippen LogP contribution in [0.2, 0.25) is 5.02 Å². The Hall–Kier alpha value is -3.25. The molecular weight excluding hydrogens is 556 g/mol. The number of nitrogens with zero attached hydrogens (tertiary/aromatic N) is 4. The molecular formula is C30H46BClFN7O2. The lowest BCUT2D eigenvalue weighted by Crippen LogP contribution is -2.43. The topological polar surface area (TPSA) is 109 Å². The normalized spacial score (nSPS) is 12.3. The Morgan fingerprint density at radius 3 is 2.29 bits per heavy atom. The average Bonchev–Trinajstić information content (AvgIpc) is 3.06. The fraction of sp³-hybridized carbons (Fsp3) is 0.433. The molecule has 1 aromatic heterocycles. The number of halogens is 2. The number of methoxy groups -OCH3 is 1. The van der Waals surface area contributed by atoms with Gasteiger partial charge in [-0.1, -0.05) is 75.4 Å². The third kappa shape index (κ3) is 13.6. The van der Waals surface area contributed by atoms with Crippen molar-refractivity contribution in [2.45, 2.75) is 40.6 Å². The van der Waals surface area contributed by atoms with E-state index in [1.807, 2.05) is 27.7 Å². The highest BCUT2D eigenvalue weighted by atomic mass is 35.5. The van der Waals surface area contributed by atoms with Crippen LogP contribution in [0.3, 0.4) is 0 Å². The molecule has 9 nitrogen and oxygen atoms in total. The summed E-state index contributed by atoms with van der Waals surface area (Å²) in [7, 11) is 11.1. The van der Waals surface area contributed by atoms with E-state index in [1.54, 1.807) is 25.2 Å². The molecule has 0 aliphatic carbocycles. The van der Waals surface area contributed by atoms with Crippen molar-refractivity contribution in [3.05, 3.63) is 70.4 Å². The van der Waals surface area contributed by atoms with Gasteiger partial charge < -0.3 is 20.3 Å². The molecule has 1 saturated heterocycles. The van der Waals surface area contributed by atoms with Crippen molar-refractivity contribution in [2.24, 2.45) is 5.96 Å². The number of nitrogens with two attached hydrogens (primary N) is 1. The summed E-state index contributed by atoms with van der Waals surface area (Å²) >= 11 is 5.92. The smallest absolute Gasteiger partial charge is 0.229 e. The molecule has 2 aromatic carbocycles. The van der Waals surface area contributed by atoms with Crippen molar-refractivity contribution < 1.29 is 14.0 Å². The van der Waals surface area contributed by atoms with Gasteiger partial charge >= 0.3 is 0 Å². The van der Waals surface area contributed by atoms with Crippen LogP contribution in [0.25, 0.3) is 0 Å². The maximum absolute atomic E-state index is 10.7. The molecule has 4 N–H and O–H groups in total. The number of hydrogen-bond donors (Lipinski definition) is 3. The van der Waals surface area contributed by atoms with Crippen LogP contribution < -0.4 is 21.3 Å². The fourth-order valence-corrected chi connectivity index (χ4v) is 3.91. The predicted molar refractivity (Wildman–Crippen MR) is 175 cm³/mol. The molecule has 2 heterocycles. The number of carbonyl (C=O) groups is 1. The Balaban J connectivity index is 0.000000690. The van der Waals surface area contributed by atoms with Crippen LogP contribution in [0.4, 0.5) is 21.9 Å². The van der Waals surface area contributed by atoms with Crippen molar-refractivity contribution in [1.29, 1.82) is 0 Å². The van der Waals surface area contributed by atoms with Gasteiger partial charge in [0.1, 0.15) is 22.9 Å². The van der Waals surface area contributed by atoms with Crippen molar-refractivity contribution in [1.82, 2.24) is 19.8 Å². The second kappa shape index (κ2) is 23.3. The molecule has 0 unspecified atom stereocenters. The molecule has 0 saturated carbocycles. The third-order valence-corrected chi connectivity index (χ3v) is 6.09. The molecule has 230 valence electrons. The van der Waals surface area contributed by atoms with E-state index in [0.717, 1.165) is 12.8 Å². The molecule has 2 radical (unpaired) electrons. The first kappa shape index (κ1) is 38.8. The van der Waals surface area contributed by atoms with Crippen molar-refractivity contribution in [3.8, 4) is 5.75 Å². The van der Waals surface area contributed by atoms with E-state index in [2.05, 4.69) is 67.7 Å². The first-order valence-corrected chi connectivity index (χ1v) is 14.3. The summed E-state index contributed by atoms with van der Waals surface area (Å²) in [6, 6.07) is 13.6. The number of hydrogen-bond acceptors (Lipinski definition) is 9. The minimum absolute atomic E-state index is 0.371. The van der Waals surface area contributed by atoms with E-state index < -0.39 is 0 Å². The zero-order valence-electron chi connectivity index (χ0n) is 26.0. The Bertz CT molecular complexity index is 1150. The van der Waals surface area contributed by atoms with Gasteiger partial charge in [-0.25, -0.2) is 4.98 Å². The zero-order chi connectivity index (χ0) is 31.9. The Kier molecular flexibility index (Phi) is 21.5. The van der Waals surface area contributed by atoms with Crippen LogP contribution in [-0.2, 0) is 12.9 Å². The lowest BCUT2D eigenvalue weighted by molar-refractivity contribution is 0.112. The molecule has 1 aliphatic rings. The SMILES string of the molecule is CC.CC.CNc1nc(Nc2ccc(C=O)cc2OC)ncc1Cl.NF.[B]Cc1cccc(CN2CCN(C)CC2)c1. The number of piperazine rings is 1. The van der Waals surface area contributed by atoms with E-state index in [1.165, 1.54) is 50.6 Å². The van der Waals surface area contributed by atoms with Crippen LogP contribution in [0.1, 0.15) is 49.2 Å². The van der Waals surface area contributed by atoms with Gasteiger partial charge in [0.25, 0.3) is 0 Å². The standard InChI is InChI=1S/C13H19BN2.C13H13ClN4O2.2C2H6.FH2N/c1-15-5-7-16(8-6-15)11-13-4-2-3-12(9-13)10-14;1-15-12-9(14)6-16-13(18-12)17-10-4-3-8(7-19)5-11(10)20-2;3*1-2/h2-4,9H,5-8,10-11H2,1H3;3-7H,1-2H3,(H2,15,16,17,18);2*1-2H3;2H2. The highest BCUT2D eigenvalue weighted by molar-refractivity contribution is 6.32. The number of likely N-dealkylation sites (N-methyl/N-ethyl adjacent to an activating group) is 1. The number of rotatable bonds is 8. The van der Waals surface area contributed by atoms with E-state index in [0.29, 0.717) is 40.1 Å². The number of nitrogens with one attached hydrogen (secondary N) is 2. The van der Waals surface area contributed by atoms with Crippen molar-refractivity contribution in [2.75, 3.05) is 58.0 Å². The molecule has 12 heteroatoms. The van der Waals surface area contributed by atoms with E-state index in [-0.39, 0.29) is 0 Å². The maximum atomic E-state index is 10.7. The molecule has 0 amide bonds. The van der Waals surface area contributed by atoms with Crippen LogP contribution in [0.15, 0.2) is 48.7 Å². The third-order valence-electron chi connectivity index (χ3n) is 5.82. The summed E-state index contributed by atoms with van der Waals surface area (Å²) in [6.45, 7) is 13.8. The van der Waals surface area contributed by atoms with Gasteiger partial charge in [0.2, 0.25) is 5.95 Å². The van der Waals surface area contributed by atoms with Gasteiger partial charge in [0.15, 0.2) is 0 Å². The Labute approximate surface area is 257 Å². The highest BCUT2D eigenvalue weighted by Crippen LogP contribution is 2.28. The lowest BCUT2D eigenvalue weighted by atomic mass is 9.95. The van der Waals surface area contributed by atoms with E-state index in [4.69, 9.17) is 28.7 Å². The minimum Gasteiger partial charge on any atom is -0.495 e. The first-order chi connectivity index (χ1) is 20.4. The second-order valence-electron chi connectivity index (χ2n) is 8.45. The fourth-order valence-electron chi connectivity index (χ4n) is 3.73. The van der Waals surface area contributed by atoms with E-state index in [9.17, 15) is 4.79 Å². The number of aromatic nitrogens is 2. The van der Waals surface area contributed by atoms with Crippen LogP contribution in [0.5, 0.6) is 5.75 Å². The molecule has 4 rings (SSSR count). The van der Waals surface area contributed by atoms with Crippen molar-refractivity contribution >= 4 is 43.2 Å². The molecule has 0 atom stereocenters. The molecule has 1 aliphatic heterocycles.